The van der Waals surface area contributed by atoms with Crippen molar-refractivity contribution in [2.75, 3.05) is 7.11 Å². The van der Waals surface area contributed by atoms with Crippen LogP contribution in [-0.4, -0.2) is 24.0 Å². The summed E-state index contributed by atoms with van der Waals surface area (Å²) >= 11 is 0. The van der Waals surface area contributed by atoms with Gasteiger partial charge in [-0.15, -0.1) is 0 Å². The lowest BCUT2D eigenvalue weighted by Gasteiger charge is -2.28. The lowest BCUT2D eigenvalue weighted by molar-refractivity contribution is -0.143. The number of carbonyl (C=O) groups excluding carboxylic acids is 1. The Morgan fingerprint density at radius 2 is 1.26 bits per heavy atom. The Labute approximate surface area is 186 Å². The van der Waals surface area contributed by atoms with Gasteiger partial charge in [0, 0.05) is 20.0 Å². The Balaban J connectivity index is 1.71. The van der Waals surface area contributed by atoms with Crippen LogP contribution in [0.2, 0.25) is 0 Å². The van der Waals surface area contributed by atoms with Crippen LogP contribution in [-0.2, 0) is 25.3 Å². The number of methoxy groups -OCH3 is 1. The van der Waals surface area contributed by atoms with E-state index < -0.39 is 11.4 Å². The molecule has 31 heavy (non-hydrogen) atoms. The first-order chi connectivity index (χ1) is 14.8. The van der Waals surface area contributed by atoms with Crippen molar-refractivity contribution in [2.24, 2.45) is 0 Å². The van der Waals surface area contributed by atoms with Crippen LogP contribution in [0, 0.1) is 0 Å². The Kier molecular flexibility index (Phi) is 9.44. The van der Waals surface area contributed by atoms with E-state index in [-0.39, 0.29) is 11.4 Å². The highest BCUT2D eigenvalue weighted by Gasteiger charge is 2.34. The third-order valence-corrected chi connectivity index (χ3v) is 6.46. The number of unbranched alkanes of at least 4 members (excludes halogenated alkanes) is 2. The minimum Gasteiger partial charge on any atom is -0.481 e. The van der Waals surface area contributed by atoms with E-state index >= 15 is 0 Å². The molecule has 0 aromatic heterocycles. The summed E-state index contributed by atoms with van der Waals surface area (Å²) < 4.78 is 5.77. The van der Waals surface area contributed by atoms with Gasteiger partial charge in [0.2, 0.25) is 0 Å². The van der Waals surface area contributed by atoms with Gasteiger partial charge >= 0.3 is 5.97 Å². The number of carboxylic acids is 1. The zero-order chi connectivity index (χ0) is 22.7. The van der Waals surface area contributed by atoms with E-state index in [1.165, 1.54) is 0 Å². The van der Waals surface area contributed by atoms with Gasteiger partial charge < -0.3 is 9.84 Å². The van der Waals surface area contributed by atoms with Gasteiger partial charge in [-0.2, -0.15) is 0 Å². The highest BCUT2D eigenvalue weighted by atomic mass is 16.5. The molecule has 0 saturated heterocycles. The topological polar surface area (TPSA) is 63.6 Å². The maximum atomic E-state index is 12.3. The molecular weight excluding hydrogens is 388 g/mol. The van der Waals surface area contributed by atoms with Crippen LogP contribution >= 0.6 is 0 Å². The molecule has 0 amide bonds. The van der Waals surface area contributed by atoms with Crippen LogP contribution in [0.4, 0.5) is 0 Å². The van der Waals surface area contributed by atoms with Crippen LogP contribution in [0.25, 0.3) is 0 Å². The normalized spacial score (nSPS) is 15.1. The molecule has 0 saturated carbocycles. The smallest absolute Gasteiger partial charge is 0.313 e. The molecule has 4 nitrogen and oxygen atoms in total. The molecular formula is C27H36O4. The quantitative estimate of drug-likeness (QED) is 0.362. The number of ether oxygens (including phenoxy) is 1. The Bertz CT molecular complexity index is 818. The van der Waals surface area contributed by atoms with Gasteiger partial charge in [0.05, 0.1) is 11.0 Å². The van der Waals surface area contributed by atoms with Gasteiger partial charge in [0.1, 0.15) is 5.78 Å². The number of hydrogen-bond acceptors (Lipinski definition) is 3. The van der Waals surface area contributed by atoms with E-state index in [0.29, 0.717) is 19.3 Å². The number of ketones is 1. The summed E-state index contributed by atoms with van der Waals surface area (Å²) in [4.78, 5) is 24.1. The number of carbonyl (C=O) groups is 2. The first-order valence-corrected chi connectivity index (χ1v) is 11.2. The van der Waals surface area contributed by atoms with Gasteiger partial charge in [-0.25, -0.2) is 0 Å². The fourth-order valence-corrected chi connectivity index (χ4v) is 4.05. The summed E-state index contributed by atoms with van der Waals surface area (Å²) in [6.07, 6.45) is 5.72. The van der Waals surface area contributed by atoms with Crippen LogP contribution in [0.5, 0.6) is 0 Å². The van der Waals surface area contributed by atoms with E-state index in [4.69, 9.17) is 4.74 Å². The number of carboxylic acid groups (broad SMARTS) is 1. The third-order valence-electron chi connectivity index (χ3n) is 6.46. The van der Waals surface area contributed by atoms with Crippen molar-refractivity contribution >= 4 is 11.8 Å². The first kappa shape index (κ1) is 24.8. The molecule has 168 valence electrons. The van der Waals surface area contributed by atoms with Crippen molar-refractivity contribution in [1.82, 2.24) is 0 Å². The molecule has 0 spiro atoms. The van der Waals surface area contributed by atoms with E-state index in [9.17, 15) is 14.7 Å². The fourth-order valence-electron chi connectivity index (χ4n) is 4.05. The van der Waals surface area contributed by atoms with Gasteiger partial charge in [0.15, 0.2) is 0 Å². The first-order valence-electron chi connectivity index (χ1n) is 11.2. The maximum Gasteiger partial charge on any atom is 0.313 e. The number of benzene rings is 2. The summed E-state index contributed by atoms with van der Waals surface area (Å²) in [5.74, 6) is -0.555. The minimum atomic E-state index is -0.910. The van der Waals surface area contributed by atoms with E-state index in [1.54, 1.807) is 14.0 Å². The van der Waals surface area contributed by atoms with Gasteiger partial charge in [0.25, 0.3) is 0 Å². The molecule has 2 aromatic rings. The summed E-state index contributed by atoms with van der Waals surface area (Å²) in [6, 6.07) is 19.5. The molecule has 0 aliphatic rings. The second kappa shape index (κ2) is 11.8. The molecule has 0 aliphatic carbocycles. The minimum absolute atomic E-state index is 0.260. The van der Waals surface area contributed by atoms with Gasteiger partial charge in [-0.3, -0.25) is 9.59 Å². The third kappa shape index (κ3) is 7.03. The molecule has 0 radical (unpaired) electrons. The maximum absolute atomic E-state index is 12.3. The summed E-state index contributed by atoms with van der Waals surface area (Å²) in [7, 11) is 1.73. The highest BCUT2D eigenvalue weighted by Crippen LogP contribution is 2.31. The summed E-state index contributed by atoms with van der Waals surface area (Å²) in [5.41, 5.74) is 0.729. The summed E-state index contributed by atoms with van der Waals surface area (Å²) in [6.45, 7) is 3.86. The van der Waals surface area contributed by atoms with Crippen molar-refractivity contribution in [3.8, 4) is 0 Å². The van der Waals surface area contributed by atoms with Crippen molar-refractivity contribution < 1.29 is 19.4 Å². The summed E-state index contributed by atoms with van der Waals surface area (Å²) in [5, 5.41) is 9.73. The lowest BCUT2D eigenvalue weighted by Crippen LogP contribution is -2.32. The monoisotopic (exact) mass is 424 g/mol. The van der Waals surface area contributed by atoms with Crippen molar-refractivity contribution in [3.05, 3.63) is 71.8 Å². The number of hydrogen-bond donors (Lipinski definition) is 1. The fraction of sp³-hybridized carbons (Fsp3) is 0.481. The average Bonchev–Trinajstić information content (AvgIpc) is 2.80. The predicted octanol–water partition coefficient (Wildman–Crippen LogP) is 6.28. The molecule has 0 heterocycles. The SMILES string of the molecule is COC(C)(CCCCC(=O)CCCCC(C)(C(=O)O)c1ccccc1)c1ccccc1. The Morgan fingerprint density at radius 3 is 1.74 bits per heavy atom. The van der Waals surface area contributed by atoms with E-state index in [1.807, 2.05) is 48.5 Å². The molecule has 2 aromatic carbocycles. The van der Waals surface area contributed by atoms with Crippen LogP contribution in [0.3, 0.4) is 0 Å². The number of Topliss-reactive ketones (excluding diaryl/α,β-unsaturated/α-hetero) is 1. The number of rotatable bonds is 14. The largest absolute Gasteiger partial charge is 0.481 e. The van der Waals surface area contributed by atoms with E-state index in [2.05, 4.69) is 19.1 Å². The van der Waals surface area contributed by atoms with Gasteiger partial charge in [-0.05, 0) is 57.1 Å². The van der Waals surface area contributed by atoms with Crippen LogP contribution in [0.15, 0.2) is 60.7 Å². The zero-order valence-corrected chi connectivity index (χ0v) is 19.1. The second-order valence-corrected chi connectivity index (χ2v) is 8.76. The van der Waals surface area contributed by atoms with Gasteiger partial charge in [-0.1, -0.05) is 67.1 Å². The Morgan fingerprint density at radius 1 is 0.774 bits per heavy atom. The Hall–Kier alpha value is -2.46. The van der Waals surface area contributed by atoms with Crippen LogP contribution < -0.4 is 0 Å². The molecule has 4 heteroatoms. The molecule has 2 rings (SSSR count). The molecule has 2 atom stereocenters. The molecule has 2 unspecified atom stereocenters. The molecule has 0 aliphatic heterocycles. The van der Waals surface area contributed by atoms with Crippen molar-refractivity contribution in [2.45, 2.75) is 76.2 Å². The number of aliphatic carboxylic acids is 1. The second-order valence-electron chi connectivity index (χ2n) is 8.76. The molecule has 1 N–H and O–H groups in total. The zero-order valence-electron chi connectivity index (χ0n) is 19.1. The van der Waals surface area contributed by atoms with E-state index in [0.717, 1.165) is 43.2 Å². The predicted molar refractivity (Wildman–Crippen MR) is 124 cm³/mol. The van der Waals surface area contributed by atoms with Crippen molar-refractivity contribution in [3.63, 3.8) is 0 Å². The van der Waals surface area contributed by atoms with Crippen LogP contribution in [0.1, 0.15) is 76.3 Å². The lowest BCUT2D eigenvalue weighted by atomic mass is 9.78. The molecule has 0 bridgehead atoms. The molecule has 0 fully saturated rings. The highest BCUT2D eigenvalue weighted by molar-refractivity contribution is 5.81. The average molecular weight is 425 g/mol. The standard InChI is InChI=1S/C27H36O4/c1-26(25(29)30,22-14-6-4-7-15-22)20-12-10-18-24(28)19-11-13-21-27(2,31-3)23-16-8-5-9-17-23/h4-9,14-17H,10-13,18-21H2,1-3H3,(H,29,30). The van der Waals surface area contributed by atoms with Crippen molar-refractivity contribution in [1.29, 1.82) is 0 Å².